The molecule has 1 aliphatic heterocycles. The van der Waals surface area contributed by atoms with E-state index in [9.17, 15) is 5.11 Å². The number of unbranched alkanes of at least 4 members (excludes halogenated alkanes) is 3. The summed E-state index contributed by atoms with van der Waals surface area (Å²) in [6.07, 6.45) is 3.23. The highest BCUT2D eigenvalue weighted by Crippen LogP contribution is 2.17. The molecule has 0 aromatic rings. The van der Waals surface area contributed by atoms with E-state index < -0.39 is 12.2 Å². The molecular weight excluding hydrogens is 196 g/mol. The smallest absolute Gasteiger partial charge is 0.111 e. The Hall–Kier alpha value is -0.160. The van der Waals surface area contributed by atoms with Crippen molar-refractivity contribution in [1.29, 1.82) is 0 Å². The number of aliphatic hydroxyl groups excluding tert-OH is 2. The predicted molar refractivity (Wildman–Crippen MR) is 56.7 cm³/mol. The monoisotopic (exact) mass is 218 g/mol. The summed E-state index contributed by atoms with van der Waals surface area (Å²) in [5.74, 6) is 0. The Balaban J connectivity index is 2.07. The van der Waals surface area contributed by atoms with Crippen LogP contribution in [-0.4, -0.2) is 48.3 Å². The summed E-state index contributed by atoms with van der Waals surface area (Å²) in [5.41, 5.74) is 0. The number of ether oxygens (including phenoxy) is 2. The maximum Gasteiger partial charge on any atom is 0.111 e. The molecule has 1 fully saturated rings. The number of hydrogen-bond acceptors (Lipinski definition) is 4. The maximum absolute atomic E-state index is 9.64. The summed E-state index contributed by atoms with van der Waals surface area (Å²) in [6, 6.07) is 0. The van der Waals surface area contributed by atoms with Crippen LogP contribution in [0.5, 0.6) is 0 Å². The minimum Gasteiger partial charge on any atom is -0.394 e. The lowest BCUT2D eigenvalue weighted by molar-refractivity contribution is -0.0287. The largest absolute Gasteiger partial charge is 0.394 e. The first-order valence-corrected chi connectivity index (χ1v) is 5.81. The molecule has 15 heavy (non-hydrogen) atoms. The molecule has 0 spiro atoms. The van der Waals surface area contributed by atoms with Gasteiger partial charge in [0.2, 0.25) is 0 Å². The van der Waals surface area contributed by atoms with Crippen LogP contribution >= 0.6 is 0 Å². The number of rotatable bonds is 7. The van der Waals surface area contributed by atoms with E-state index in [1.54, 1.807) is 0 Å². The second-order valence-corrected chi connectivity index (χ2v) is 4.01. The minimum atomic E-state index is -0.679. The number of hydrogen-bond donors (Lipinski definition) is 2. The first-order valence-electron chi connectivity index (χ1n) is 5.81. The van der Waals surface area contributed by atoms with Gasteiger partial charge in [-0.05, 0) is 6.42 Å². The average Bonchev–Trinajstić information content (AvgIpc) is 2.60. The highest BCUT2D eigenvalue weighted by molar-refractivity contribution is 4.83. The molecule has 90 valence electrons. The van der Waals surface area contributed by atoms with Crippen LogP contribution in [0.4, 0.5) is 0 Å². The first kappa shape index (κ1) is 12.9. The fourth-order valence-electron chi connectivity index (χ4n) is 1.73. The van der Waals surface area contributed by atoms with Gasteiger partial charge < -0.3 is 19.7 Å². The second-order valence-electron chi connectivity index (χ2n) is 4.01. The van der Waals surface area contributed by atoms with E-state index in [1.165, 1.54) is 19.3 Å². The van der Waals surface area contributed by atoms with Gasteiger partial charge >= 0.3 is 0 Å². The minimum absolute atomic E-state index is 0.142. The first-order chi connectivity index (χ1) is 7.29. The van der Waals surface area contributed by atoms with Crippen molar-refractivity contribution < 1.29 is 19.7 Å². The van der Waals surface area contributed by atoms with Crippen LogP contribution in [0.25, 0.3) is 0 Å². The molecule has 0 aromatic carbocycles. The predicted octanol–water partition coefficient (Wildman–Crippen LogP) is 0.704. The molecule has 2 N–H and O–H groups in total. The highest BCUT2D eigenvalue weighted by Gasteiger charge is 2.35. The van der Waals surface area contributed by atoms with Crippen LogP contribution in [-0.2, 0) is 9.47 Å². The number of aliphatic hydroxyl groups is 2. The second kappa shape index (κ2) is 7.17. The Bertz CT molecular complexity index is 163. The zero-order valence-corrected chi connectivity index (χ0v) is 9.39. The molecular formula is C11H22O4. The Morgan fingerprint density at radius 2 is 2.13 bits per heavy atom. The standard InChI is InChI=1S/C11H22O4/c1-2-3-4-5-6-14-10-8-15-9(7-12)11(10)13/h9-13H,2-8H2,1H3/t9-,10+,11-/m1/s1. The summed E-state index contributed by atoms with van der Waals surface area (Å²) < 4.78 is 10.7. The topological polar surface area (TPSA) is 58.9 Å². The van der Waals surface area contributed by atoms with Crippen molar-refractivity contribution in [1.82, 2.24) is 0 Å². The summed E-state index contributed by atoms with van der Waals surface area (Å²) >= 11 is 0. The van der Waals surface area contributed by atoms with Crippen molar-refractivity contribution in [3.63, 3.8) is 0 Å². The lowest BCUT2D eigenvalue weighted by Gasteiger charge is -2.16. The van der Waals surface area contributed by atoms with Crippen LogP contribution in [0, 0.1) is 0 Å². The molecule has 0 saturated carbocycles. The van der Waals surface area contributed by atoms with Gasteiger partial charge in [-0.3, -0.25) is 0 Å². The van der Waals surface area contributed by atoms with Gasteiger partial charge in [0.15, 0.2) is 0 Å². The van der Waals surface area contributed by atoms with Gasteiger partial charge in [-0.2, -0.15) is 0 Å². The fraction of sp³-hybridized carbons (Fsp3) is 1.00. The lowest BCUT2D eigenvalue weighted by Crippen LogP contribution is -2.34. The van der Waals surface area contributed by atoms with Gasteiger partial charge in [-0.1, -0.05) is 26.2 Å². The average molecular weight is 218 g/mol. The highest BCUT2D eigenvalue weighted by atomic mass is 16.6. The van der Waals surface area contributed by atoms with E-state index >= 15 is 0 Å². The van der Waals surface area contributed by atoms with Crippen molar-refractivity contribution in [2.45, 2.75) is 50.9 Å². The molecule has 1 rings (SSSR count). The van der Waals surface area contributed by atoms with E-state index in [1.807, 2.05) is 0 Å². The molecule has 3 atom stereocenters. The third-order valence-electron chi connectivity index (χ3n) is 2.75. The Morgan fingerprint density at radius 1 is 1.33 bits per heavy atom. The molecule has 1 aliphatic rings. The Labute approximate surface area is 91.2 Å². The molecule has 0 bridgehead atoms. The van der Waals surface area contributed by atoms with Gasteiger partial charge in [0.25, 0.3) is 0 Å². The van der Waals surface area contributed by atoms with E-state index in [2.05, 4.69) is 6.92 Å². The van der Waals surface area contributed by atoms with E-state index in [-0.39, 0.29) is 12.7 Å². The van der Waals surface area contributed by atoms with E-state index in [4.69, 9.17) is 14.6 Å². The molecule has 1 saturated heterocycles. The van der Waals surface area contributed by atoms with Crippen LogP contribution < -0.4 is 0 Å². The van der Waals surface area contributed by atoms with Crippen molar-refractivity contribution >= 4 is 0 Å². The Morgan fingerprint density at radius 3 is 2.73 bits per heavy atom. The van der Waals surface area contributed by atoms with Gasteiger partial charge in [0.05, 0.1) is 13.2 Å². The molecule has 4 heteroatoms. The van der Waals surface area contributed by atoms with Gasteiger partial charge in [-0.25, -0.2) is 0 Å². The third kappa shape index (κ3) is 4.07. The van der Waals surface area contributed by atoms with Crippen LogP contribution in [0.2, 0.25) is 0 Å². The maximum atomic E-state index is 9.64. The molecule has 0 aliphatic carbocycles. The fourth-order valence-corrected chi connectivity index (χ4v) is 1.73. The van der Waals surface area contributed by atoms with Crippen molar-refractivity contribution in [2.24, 2.45) is 0 Å². The van der Waals surface area contributed by atoms with Crippen molar-refractivity contribution in [3.05, 3.63) is 0 Å². The SMILES string of the molecule is CCCCCCO[C@H]1CO[C@H](CO)[C@H]1O. The molecule has 0 amide bonds. The zero-order valence-electron chi connectivity index (χ0n) is 9.39. The quantitative estimate of drug-likeness (QED) is 0.618. The van der Waals surface area contributed by atoms with Crippen LogP contribution in [0.1, 0.15) is 32.6 Å². The summed E-state index contributed by atoms with van der Waals surface area (Å²) in [7, 11) is 0. The molecule has 0 radical (unpaired) electrons. The van der Waals surface area contributed by atoms with Crippen LogP contribution in [0.15, 0.2) is 0 Å². The summed E-state index contributed by atoms with van der Waals surface area (Å²) in [6.45, 7) is 3.08. The molecule has 4 nitrogen and oxygen atoms in total. The van der Waals surface area contributed by atoms with E-state index in [0.29, 0.717) is 13.2 Å². The summed E-state index contributed by atoms with van der Waals surface area (Å²) in [4.78, 5) is 0. The normalized spacial score (nSPS) is 31.0. The molecule has 1 heterocycles. The van der Waals surface area contributed by atoms with Crippen LogP contribution in [0.3, 0.4) is 0 Å². The van der Waals surface area contributed by atoms with Gasteiger partial charge in [0, 0.05) is 6.61 Å². The Kier molecular flexibility index (Phi) is 6.17. The molecule has 0 aromatic heterocycles. The van der Waals surface area contributed by atoms with E-state index in [0.717, 1.165) is 6.42 Å². The molecule has 0 unspecified atom stereocenters. The van der Waals surface area contributed by atoms with Crippen molar-refractivity contribution in [2.75, 3.05) is 19.8 Å². The third-order valence-corrected chi connectivity index (χ3v) is 2.75. The van der Waals surface area contributed by atoms with Gasteiger partial charge in [0.1, 0.15) is 18.3 Å². The van der Waals surface area contributed by atoms with Gasteiger partial charge in [-0.15, -0.1) is 0 Å². The van der Waals surface area contributed by atoms with Crippen molar-refractivity contribution in [3.8, 4) is 0 Å². The summed E-state index contributed by atoms with van der Waals surface area (Å²) in [5, 5.41) is 18.5. The zero-order chi connectivity index (χ0) is 11.1. The lowest BCUT2D eigenvalue weighted by atomic mass is 10.1.